The van der Waals surface area contributed by atoms with Crippen molar-refractivity contribution < 1.29 is 13.6 Å². The Labute approximate surface area is 159 Å². The van der Waals surface area contributed by atoms with Crippen molar-refractivity contribution in [2.24, 2.45) is 7.05 Å². The number of aryl methyl sites for hydroxylation is 2. The van der Waals surface area contributed by atoms with Crippen LogP contribution in [0.1, 0.15) is 34.7 Å². The van der Waals surface area contributed by atoms with Gasteiger partial charge in [0.15, 0.2) is 11.5 Å². The molecule has 1 aliphatic heterocycles. The first-order valence-corrected chi connectivity index (χ1v) is 8.99. The van der Waals surface area contributed by atoms with Crippen molar-refractivity contribution in [1.82, 2.24) is 34.5 Å². The number of aromatic nitrogens is 6. The quantitative estimate of drug-likeness (QED) is 0.673. The Bertz CT molecular complexity index is 1010. The molecule has 9 nitrogen and oxygen atoms in total. The standard InChI is InChI=1S/C17H20F2N8O/c1-11-20-21-13-4-5-14(22-27(11)13)25-6-3-7-26(9-8-25)17(28)12-10-24(2)23-15(12)16(18)19/h4-5,10,16H,3,6-9H2,1-2H3. The van der Waals surface area contributed by atoms with Gasteiger partial charge in [-0.25, -0.2) is 8.78 Å². The average molecular weight is 390 g/mol. The molecule has 0 unspecified atom stereocenters. The predicted molar refractivity (Wildman–Crippen MR) is 96.4 cm³/mol. The maximum absolute atomic E-state index is 13.2. The fraction of sp³-hybridized carbons (Fsp3) is 0.471. The normalized spacial score (nSPS) is 15.5. The van der Waals surface area contributed by atoms with E-state index in [9.17, 15) is 13.6 Å². The summed E-state index contributed by atoms with van der Waals surface area (Å²) in [7, 11) is 1.53. The first-order valence-electron chi connectivity index (χ1n) is 8.99. The van der Waals surface area contributed by atoms with Gasteiger partial charge in [0.1, 0.15) is 11.5 Å². The molecule has 4 rings (SSSR count). The van der Waals surface area contributed by atoms with Crippen molar-refractivity contribution >= 4 is 17.4 Å². The van der Waals surface area contributed by atoms with E-state index in [4.69, 9.17) is 0 Å². The molecule has 1 fully saturated rings. The predicted octanol–water partition coefficient (Wildman–Crippen LogP) is 1.46. The maximum Gasteiger partial charge on any atom is 0.282 e. The molecule has 0 aliphatic carbocycles. The third kappa shape index (κ3) is 3.27. The highest BCUT2D eigenvalue weighted by molar-refractivity contribution is 5.95. The fourth-order valence-electron chi connectivity index (χ4n) is 3.41. The zero-order valence-corrected chi connectivity index (χ0v) is 15.6. The molecule has 28 heavy (non-hydrogen) atoms. The van der Waals surface area contributed by atoms with Crippen LogP contribution in [0.3, 0.4) is 0 Å². The molecule has 1 aliphatic rings. The van der Waals surface area contributed by atoms with Gasteiger partial charge < -0.3 is 9.80 Å². The molecule has 0 radical (unpaired) electrons. The number of amides is 1. The number of rotatable bonds is 3. The van der Waals surface area contributed by atoms with Crippen LogP contribution in [0.25, 0.3) is 5.65 Å². The molecule has 0 bridgehead atoms. The summed E-state index contributed by atoms with van der Waals surface area (Å²) in [5.41, 5.74) is 0.165. The molecule has 1 amide bonds. The van der Waals surface area contributed by atoms with Gasteiger partial charge in [-0.3, -0.25) is 9.48 Å². The SMILES string of the molecule is Cc1nnc2ccc(N3CCCN(C(=O)c4cn(C)nc4C(F)F)CC3)nn12. The van der Waals surface area contributed by atoms with Gasteiger partial charge in [0, 0.05) is 39.4 Å². The van der Waals surface area contributed by atoms with Crippen LogP contribution in [0.5, 0.6) is 0 Å². The molecule has 148 valence electrons. The first-order chi connectivity index (χ1) is 13.4. The minimum Gasteiger partial charge on any atom is -0.353 e. The van der Waals surface area contributed by atoms with Crippen molar-refractivity contribution in [3.63, 3.8) is 0 Å². The maximum atomic E-state index is 13.2. The van der Waals surface area contributed by atoms with E-state index in [0.29, 0.717) is 44.1 Å². The van der Waals surface area contributed by atoms with Crippen LogP contribution < -0.4 is 4.90 Å². The molecule has 0 spiro atoms. The van der Waals surface area contributed by atoms with E-state index in [2.05, 4.69) is 25.3 Å². The summed E-state index contributed by atoms with van der Waals surface area (Å²) in [5, 5.41) is 16.3. The number of fused-ring (bicyclic) bond motifs is 1. The number of halogens is 2. The molecular weight excluding hydrogens is 370 g/mol. The topological polar surface area (TPSA) is 84.5 Å². The second kappa shape index (κ2) is 7.13. The van der Waals surface area contributed by atoms with E-state index in [1.54, 1.807) is 9.42 Å². The smallest absolute Gasteiger partial charge is 0.282 e. The van der Waals surface area contributed by atoms with E-state index in [0.717, 1.165) is 5.82 Å². The second-order valence-corrected chi connectivity index (χ2v) is 6.74. The van der Waals surface area contributed by atoms with Crippen LogP contribution in [0.4, 0.5) is 14.6 Å². The number of carbonyl (C=O) groups is 1. The van der Waals surface area contributed by atoms with Crippen LogP contribution in [0.15, 0.2) is 18.3 Å². The molecule has 4 heterocycles. The lowest BCUT2D eigenvalue weighted by Gasteiger charge is -2.22. The molecule has 0 saturated carbocycles. The monoisotopic (exact) mass is 390 g/mol. The molecule has 0 aromatic carbocycles. The van der Waals surface area contributed by atoms with Gasteiger partial charge in [0.05, 0.1) is 5.56 Å². The highest BCUT2D eigenvalue weighted by Gasteiger charge is 2.28. The third-order valence-electron chi connectivity index (χ3n) is 4.81. The van der Waals surface area contributed by atoms with Crippen molar-refractivity contribution in [3.05, 3.63) is 35.4 Å². The minimum absolute atomic E-state index is 0.0365. The largest absolute Gasteiger partial charge is 0.353 e. The zero-order chi connectivity index (χ0) is 19.8. The fourth-order valence-corrected chi connectivity index (χ4v) is 3.41. The number of alkyl halides is 2. The van der Waals surface area contributed by atoms with Gasteiger partial charge in [-0.05, 0) is 25.5 Å². The molecular formula is C17H20F2N8O. The summed E-state index contributed by atoms with van der Waals surface area (Å²) in [6.45, 7) is 3.99. The number of hydrogen-bond acceptors (Lipinski definition) is 6. The Balaban J connectivity index is 1.51. The minimum atomic E-state index is -2.79. The Morgan fingerprint density at radius 2 is 1.93 bits per heavy atom. The Morgan fingerprint density at radius 1 is 1.11 bits per heavy atom. The Kier molecular flexibility index (Phi) is 4.65. The van der Waals surface area contributed by atoms with Gasteiger partial charge in [0.25, 0.3) is 12.3 Å². The first kappa shape index (κ1) is 18.3. The lowest BCUT2D eigenvalue weighted by atomic mass is 10.2. The van der Waals surface area contributed by atoms with Gasteiger partial charge in [-0.1, -0.05) is 0 Å². The summed E-state index contributed by atoms with van der Waals surface area (Å²) in [6.07, 6.45) is -0.722. The number of carbonyl (C=O) groups excluding carboxylic acids is 1. The lowest BCUT2D eigenvalue weighted by molar-refractivity contribution is 0.0754. The van der Waals surface area contributed by atoms with Crippen LogP contribution >= 0.6 is 0 Å². The van der Waals surface area contributed by atoms with Crippen LogP contribution in [-0.4, -0.2) is 66.6 Å². The van der Waals surface area contributed by atoms with Gasteiger partial charge in [-0.2, -0.15) is 9.61 Å². The van der Waals surface area contributed by atoms with Crippen LogP contribution in [0, 0.1) is 6.92 Å². The van der Waals surface area contributed by atoms with Gasteiger partial charge >= 0.3 is 0 Å². The van der Waals surface area contributed by atoms with E-state index < -0.39 is 18.0 Å². The molecule has 0 atom stereocenters. The molecule has 0 N–H and O–H groups in total. The molecule has 1 saturated heterocycles. The van der Waals surface area contributed by atoms with Crippen molar-refractivity contribution in [3.8, 4) is 0 Å². The summed E-state index contributed by atoms with van der Waals surface area (Å²) in [4.78, 5) is 16.5. The number of hydrogen-bond donors (Lipinski definition) is 0. The molecule has 11 heteroatoms. The molecule has 3 aromatic rings. The van der Waals surface area contributed by atoms with E-state index in [1.807, 2.05) is 19.1 Å². The molecule has 3 aromatic heterocycles. The Morgan fingerprint density at radius 3 is 2.71 bits per heavy atom. The summed E-state index contributed by atoms with van der Waals surface area (Å²) >= 11 is 0. The van der Waals surface area contributed by atoms with E-state index in [1.165, 1.54) is 17.9 Å². The van der Waals surface area contributed by atoms with E-state index in [-0.39, 0.29) is 5.56 Å². The van der Waals surface area contributed by atoms with Gasteiger partial charge in [0.2, 0.25) is 0 Å². The Hall–Kier alpha value is -3.11. The summed E-state index contributed by atoms with van der Waals surface area (Å²) in [6, 6.07) is 3.72. The van der Waals surface area contributed by atoms with Crippen molar-refractivity contribution in [1.29, 1.82) is 0 Å². The number of anilines is 1. The second-order valence-electron chi connectivity index (χ2n) is 6.74. The van der Waals surface area contributed by atoms with Crippen LogP contribution in [0.2, 0.25) is 0 Å². The average Bonchev–Trinajstić information content (AvgIpc) is 3.14. The zero-order valence-electron chi connectivity index (χ0n) is 15.6. The van der Waals surface area contributed by atoms with Gasteiger partial charge in [-0.15, -0.1) is 15.3 Å². The van der Waals surface area contributed by atoms with Crippen molar-refractivity contribution in [2.75, 3.05) is 31.1 Å². The highest BCUT2D eigenvalue weighted by atomic mass is 19.3. The highest BCUT2D eigenvalue weighted by Crippen LogP contribution is 2.23. The third-order valence-corrected chi connectivity index (χ3v) is 4.81. The lowest BCUT2D eigenvalue weighted by Crippen LogP contribution is -2.35. The number of nitrogens with zero attached hydrogens (tertiary/aromatic N) is 8. The summed E-state index contributed by atoms with van der Waals surface area (Å²) < 4.78 is 29.3. The summed E-state index contributed by atoms with van der Waals surface area (Å²) in [5.74, 6) is 1.04. The van der Waals surface area contributed by atoms with E-state index >= 15 is 0 Å². The van der Waals surface area contributed by atoms with Crippen LogP contribution in [-0.2, 0) is 7.05 Å². The van der Waals surface area contributed by atoms with Crippen molar-refractivity contribution in [2.45, 2.75) is 19.8 Å².